The Morgan fingerprint density at radius 1 is 1.33 bits per heavy atom. The molecular formula is C14H16O4. The molecule has 0 amide bonds. The first kappa shape index (κ1) is 11.3. The molecule has 0 fully saturated rings. The Kier molecular flexibility index (Phi) is 2.58. The molecule has 1 aromatic rings. The Balaban J connectivity index is 2.16. The van der Waals surface area contributed by atoms with Gasteiger partial charge in [-0.15, -0.1) is 0 Å². The maximum absolute atomic E-state index is 10.1. The molecule has 18 heavy (non-hydrogen) atoms. The SMILES string of the molecule is COc1cc2c(c(OC)c1O)[C@@H]1CCC=C[C@@H]1O2. The lowest BCUT2D eigenvalue weighted by molar-refractivity contribution is 0.243. The topological polar surface area (TPSA) is 47.9 Å². The van der Waals surface area contributed by atoms with Gasteiger partial charge in [0.05, 0.1) is 14.2 Å². The second-order valence-electron chi connectivity index (χ2n) is 4.57. The maximum atomic E-state index is 10.1. The molecule has 4 heteroatoms. The summed E-state index contributed by atoms with van der Waals surface area (Å²) in [6, 6.07) is 1.74. The van der Waals surface area contributed by atoms with Gasteiger partial charge in [0.1, 0.15) is 11.9 Å². The van der Waals surface area contributed by atoms with Gasteiger partial charge in [0, 0.05) is 17.5 Å². The van der Waals surface area contributed by atoms with Crippen molar-refractivity contribution in [2.45, 2.75) is 24.9 Å². The van der Waals surface area contributed by atoms with Gasteiger partial charge in [-0.1, -0.05) is 6.08 Å². The summed E-state index contributed by atoms with van der Waals surface area (Å²) in [5.41, 5.74) is 0.963. The molecule has 0 radical (unpaired) electrons. The zero-order valence-electron chi connectivity index (χ0n) is 10.5. The molecule has 1 heterocycles. The Labute approximate surface area is 106 Å². The molecule has 0 saturated carbocycles. The van der Waals surface area contributed by atoms with E-state index < -0.39 is 0 Å². The van der Waals surface area contributed by atoms with Gasteiger partial charge in [0.2, 0.25) is 5.75 Å². The van der Waals surface area contributed by atoms with Gasteiger partial charge in [0.15, 0.2) is 11.5 Å². The van der Waals surface area contributed by atoms with E-state index in [1.165, 1.54) is 7.11 Å². The fraction of sp³-hybridized carbons (Fsp3) is 0.429. The van der Waals surface area contributed by atoms with Gasteiger partial charge < -0.3 is 19.3 Å². The Hall–Kier alpha value is -1.84. The first-order valence-corrected chi connectivity index (χ1v) is 6.07. The van der Waals surface area contributed by atoms with E-state index in [-0.39, 0.29) is 17.8 Å². The number of hydrogen-bond donors (Lipinski definition) is 1. The van der Waals surface area contributed by atoms with Crippen LogP contribution in [0.5, 0.6) is 23.0 Å². The van der Waals surface area contributed by atoms with Gasteiger partial charge in [-0.2, -0.15) is 0 Å². The Morgan fingerprint density at radius 3 is 2.89 bits per heavy atom. The number of ether oxygens (including phenoxy) is 3. The summed E-state index contributed by atoms with van der Waals surface area (Å²) in [6.45, 7) is 0. The maximum Gasteiger partial charge on any atom is 0.201 e. The highest BCUT2D eigenvalue weighted by Crippen LogP contribution is 2.54. The summed E-state index contributed by atoms with van der Waals surface area (Å²) in [5.74, 6) is 1.93. The third kappa shape index (κ3) is 1.45. The van der Waals surface area contributed by atoms with E-state index in [0.29, 0.717) is 11.5 Å². The van der Waals surface area contributed by atoms with Crippen LogP contribution in [0, 0.1) is 0 Å². The van der Waals surface area contributed by atoms with Crippen LogP contribution < -0.4 is 14.2 Å². The number of aromatic hydroxyl groups is 1. The van der Waals surface area contributed by atoms with Crippen LogP contribution in [0.2, 0.25) is 0 Å². The summed E-state index contributed by atoms with van der Waals surface area (Å²) < 4.78 is 16.4. The van der Waals surface area contributed by atoms with E-state index in [4.69, 9.17) is 14.2 Å². The number of benzene rings is 1. The molecular weight excluding hydrogens is 232 g/mol. The smallest absolute Gasteiger partial charge is 0.201 e. The molecule has 2 aliphatic rings. The second kappa shape index (κ2) is 4.12. The number of methoxy groups -OCH3 is 2. The molecule has 2 atom stereocenters. The zero-order valence-corrected chi connectivity index (χ0v) is 10.5. The van der Waals surface area contributed by atoms with Crippen LogP contribution in [0.15, 0.2) is 18.2 Å². The number of rotatable bonds is 2. The molecule has 96 valence electrons. The summed E-state index contributed by atoms with van der Waals surface area (Å²) in [7, 11) is 3.07. The van der Waals surface area contributed by atoms with Gasteiger partial charge >= 0.3 is 0 Å². The number of hydrogen-bond acceptors (Lipinski definition) is 4. The lowest BCUT2D eigenvalue weighted by Crippen LogP contribution is -2.18. The summed E-state index contributed by atoms with van der Waals surface area (Å²) in [6.07, 6.45) is 6.30. The van der Waals surface area contributed by atoms with Crippen LogP contribution in [0.3, 0.4) is 0 Å². The van der Waals surface area contributed by atoms with Crippen LogP contribution in [-0.2, 0) is 0 Å². The van der Waals surface area contributed by atoms with E-state index in [0.717, 1.165) is 24.2 Å². The van der Waals surface area contributed by atoms with E-state index in [9.17, 15) is 5.11 Å². The monoisotopic (exact) mass is 248 g/mol. The van der Waals surface area contributed by atoms with Crippen molar-refractivity contribution in [1.82, 2.24) is 0 Å². The molecule has 0 bridgehead atoms. The van der Waals surface area contributed by atoms with Gasteiger partial charge in [0.25, 0.3) is 0 Å². The number of phenolic OH excluding ortho intramolecular Hbond substituents is 1. The normalized spacial score (nSPS) is 24.1. The van der Waals surface area contributed by atoms with Gasteiger partial charge in [-0.05, 0) is 18.9 Å². The highest BCUT2D eigenvalue weighted by molar-refractivity contribution is 5.64. The zero-order chi connectivity index (χ0) is 12.7. The predicted molar refractivity (Wildman–Crippen MR) is 66.7 cm³/mol. The Bertz CT molecular complexity index is 507. The molecule has 1 aromatic carbocycles. The first-order chi connectivity index (χ1) is 8.76. The third-order valence-corrected chi connectivity index (χ3v) is 3.65. The highest BCUT2D eigenvalue weighted by atomic mass is 16.5. The quantitative estimate of drug-likeness (QED) is 0.817. The van der Waals surface area contributed by atoms with Crippen molar-refractivity contribution in [2.75, 3.05) is 14.2 Å². The lowest BCUT2D eigenvalue weighted by atomic mass is 9.86. The fourth-order valence-corrected chi connectivity index (χ4v) is 2.81. The van der Waals surface area contributed by atoms with Gasteiger partial charge in [-0.3, -0.25) is 0 Å². The second-order valence-corrected chi connectivity index (χ2v) is 4.57. The lowest BCUT2D eigenvalue weighted by Gasteiger charge is -2.20. The molecule has 1 N–H and O–H groups in total. The van der Waals surface area contributed by atoms with Crippen molar-refractivity contribution in [2.24, 2.45) is 0 Å². The van der Waals surface area contributed by atoms with Crippen molar-refractivity contribution < 1.29 is 19.3 Å². The highest BCUT2D eigenvalue weighted by Gasteiger charge is 2.38. The first-order valence-electron chi connectivity index (χ1n) is 6.07. The fourth-order valence-electron chi connectivity index (χ4n) is 2.81. The van der Waals surface area contributed by atoms with Crippen LogP contribution in [-0.4, -0.2) is 25.4 Å². The number of phenols is 1. The Morgan fingerprint density at radius 2 is 2.17 bits per heavy atom. The summed E-state index contributed by atoms with van der Waals surface area (Å²) in [4.78, 5) is 0. The number of fused-ring (bicyclic) bond motifs is 3. The minimum atomic E-state index is 0.0501. The van der Waals surface area contributed by atoms with Gasteiger partial charge in [-0.25, -0.2) is 0 Å². The summed E-state index contributed by atoms with van der Waals surface area (Å²) >= 11 is 0. The molecule has 0 spiro atoms. The van der Waals surface area contributed by atoms with Crippen LogP contribution >= 0.6 is 0 Å². The standard InChI is InChI=1S/C14H16O4/c1-16-11-7-10-12(14(17-2)13(11)15)8-5-3-4-6-9(8)18-10/h4,6-9,15H,3,5H2,1-2H3/t8-,9+/m1/s1. The van der Waals surface area contributed by atoms with Crippen LogP contribution in [0.1, 0.15) is 24.3 Å². The predicted octanol–water partition coefficient (Wildman–Crippen LogP) is 2.60. The molecule has 0 aromatic heterocycles. The van der Waals surface area contributed by atoms with Crippen LogP contribution in [0.25, 0.3) is 0 Å². The largest absolute Gasteiger partial charge is 0.502 e. The minimum Gasteiger partial charge on any atom is -0.502 e. The average molecular weight is 248 g/mol. The van der Waals surface area contributed by atoms with Crippen molar-refractivity contribution in [3.63, 3.8) is 0 Å². The molecule has 1 aliphatic carbocycles. The minimum absolute atomic E-state index is 0.0501. The molecule has 4 nitrogen and oxygen atoms in total. The van der Waals surface area contributed by atoms with E-state index in [1.807, 2.05) is 0 Å². The molecule has 0 saturated heterocycles. The number of allylic oxidation sites excluding steroid dienone is 1. The van der Waals surface area contributed by atoms with Crippen molar-refractivity contribution in [3.05, 3.63) is 23.8 Å². The van der Waals surface area contributed by atoms with Crippen LogP contribution in [0.4, 0.5) is 0 Å². The summed E-state index contributed by atoms with van der Waals surface area (Å²) in [5, 5.41) is 10.1. The average Bonchev–Trinajstić information content (AvgIpc) is 2.76. The molecule has 3 rings (SSSR count). The van der Waals surface area contributed by atoms with E-state index in [1.54, 1.807) is 13.2 Å². The van der Waals surface area contributed by atoms with Crippen molar-refractivity contribution in [1.29, 1.82) is 0 Å². The van der Waals surface area contributed by atoms with E-state index in [2.05, 4.69) is 12.2 Å². The van der Waals surface area contributed by atoms with E-state index >= 15 is 0 Å². The molecule has 1 aliphatic heterocycles. The van der Waals surface area contributed by atoms with Crippen molar-refractivity contribution in [3.8, 4) is 23.0 Å². The third-order valence-electron chi connectivity index (χ3n) is 3.65. The molecule has 0 unspecified atom stereocenters. The van der Waals surface area contributed by atoms with Crippen molar-refractivity contribution >= 4 is 0 Å².